The number of rotatable bonds is 4. The summed E-state index contributed by atoms with van der Waals surface area (Å²) in [5.74, 6) is 0. The second-order valence-corrected chi connectivity index (χ2v) is 7.09. The second kappa shape index (κ2) is 7.04. The van der Waals surface area contributed by atoms with Crippen molar-refractivity contribution in [3.8, 4) is 28.1 Å². The van der Waals surface area contributed by atoms with Crippen LogP contribution < -0.4 is 0 Å². The Kier molecular flexibility index (Phi) is 4.22. The van der Waals surface area contributed by atoms with E-state index in [0.717, 1.165) is 44.7 Å². The van der Waals surface area contributed by atoms with Crippen LogP contribution in [0.3, 0.4) is 0 Å². The number of aromatic nitrogens is 4. The molecule has 0 saturated carbocycles. The zero-order valence-electron chi connectivity index (χ0n) is 15.9. The van der Waals surface area contributed by atoms with Crippen LogP contribution in [-0.4, -0.2) is 24.9 Å². The van der Waals surface area contributed by atoms with Crippen molar-refractivity contribution in [2.24, 2.45) is 0 Å². The van der Waals surface area contributed by atoms with E-state index < -0.39 is 6.10 Å². The van der Waals surface area contributed by atoms with Gasteiger partial charge in [0.2, 0.25) is 0 Å². The maximum Gasteiger partial charge on any atom is 0.100 e. The van der Waals surface area contributed by atoms with Crippen LogP contribution in [-0.2, 0) is 0 Å². The van der Waals surface area contributed by atoms with Gasteiger partial charge in [-0.15, -0.1) is 0 Å². The van der Waals surface area contributed by atoms with E-state index in [-0.39, 0.29) is 0 Å². The molecule has 1 unspecified atom stereocenters. The van der Waals surface area contributed by atoms with Crippen LogP contribution >= 0.6 is 0 Å². The third kappa shape index (κ3) is 3.11. The van der Waals surface area contributed by atoms with Gasteiger partial charge in [-0.2, -0.15) is 5.10 Å². The molecule has 5 heteroatoms. The lowest BCUT2D eigenvalue weighted by Crippen LogP contribution is -1.96. The van der Waals surface area contributed by atoms with Gasteiger partial charge in [-0.3, -0.25) is 9.67 Å². The average Bonchev–Trinajstić information content (AvgIpc) is 3.43. The number of aliphatic hydroxyl groups excluding tert-OH is 1. The molecular weight excluding hydrogens is 360 g/mol. The minimum absolute atomic E-state index is 0.524. The van der Waals surface area contributed by atoms with E-state index >= 15 is 0 Å². The molecule has 3 aromatic carbocycles. The molecule has 2 heterocycles. The molecule has 5 rings (SSSR count). The topological polar surface area (TPSA) is 66.7 Å². The van der Waals surface area contributed by atoms with E-state index in [1.54, 1.807) is 6.92 Å². The van der Waals surface area contributed by atoms with Crippen LogP contribution in [0.4, 0.5) is 0 Å². The van der Waals surface area contributed by atoms with Gasteiger partial charge in [0.05, 0.1) is 22.8 Å². The van der Waals surface area contributed by atoms with Crippen LogP contribution in [0.5, 0.6) is 0 Å². The smallest absolute Gasteiger partial charge is 0.100 e. The number of benzene rings is 3. The molecule has 0 aliphatic carbocycles. The number of fused-ring (bicyclic) bond motifs is 1. The van der Waals surface area contributed by atoms with E-state index in [2.05, 4.69) is 56.1 Å². The molecule has 29 heavy (non-hydrogen) atoms. The van der Waals surface area contributed by atoms with Gasteiger partial charge in [-0.25, -0.2) is 4.98 Å². The molecule has 5 aromatic rings. The maximum atomic E-state index is 10.1. The SMILES string of the molecule is CC(O)c1ccccc1-c1cccc(-n2cnc3cc(-c4cc[nH]n4)ccc32)c1. The lowest BCUT2D eigenvalue weighted by Gasteiger charge is -2.13. The second-order valence-electron chi connectivity index (χ2n) is 7.09. The highest BCUT2D eigenvalue weighted by atomic mass is 16.3. The third-order valence-electron chi connectivity index (χ3n) is 5.19. The summed E-state index contributed by atoms with van der Waals surface area (Å²) < 4.78 is 2.08. The predicted molar refractivity (Wildman–Crippen MR) is 115 cm³/mol. The van der Waals surface area contributed by atoms with Crippen LogP contribution in [0, 0.1) is 0 Å². The molecule has 0 fully saturated rings. The minimum Gasteiger partial charge on any atom is -0.389 e. The van der Waals surface area contributed by atoms with Crippen molar-refractivity contribution in [1.29, 1.82) is 0 Å². The van der Waals surface area contributed by atoms with Crippen molar-refractivity contribution in [2.45, 2.75) is 13.0 Å². The van der Waals surface area contributed by atoms with E-state index in [1.165, 1.54) is 0 Å². The Balaban J connectivity index is 1.59. The van der Waals surface area contributed by atoms with Gasteiger partial charge >= 0.3 is 0 Å². The Labute approximate surface area is 168 Å². The summed E-state index contributed by atoms with van der Waals surface area (Å²) in [6.07, 6.45) is 3.14. The van der Waals surface area contributed by atoms with E-state index in [1.807, 2.05) is 48.9 Å². The van der Waals surface area contributed by atoms with Gasteiger partial charge in [0.15, 0.2) is 0 Å². The average molecular weight is 380 g/mol. The molecule has 0 aliphatic rings. The number of aromatic amines is 1. The number of hydrogen-bond acceptors (Lipinski definition) is 3. The Morgan fingerprint density at radius 1 is 0.931 bits per heavy atom. The van der Waals surface area contributed by atoms with Gasteiger partial charge in [0.25, 0.3) is 0 Å². The Morgan fingerprint density at radius 2 is 1.83 bits per heavy atom. The summed E-state index contributed by atoms with van der Waals surface area (Å²) in [4.78, 5) is 4.60. The fourth-order valence-electron chi connectivity index (χ4n) is 3.75. The first-order valence-corrected chi connectivity index (χ1v) is 9.56. The van der Waals surface area contributed by atoms with Gasteiger partial charge in [0.1, 0.15) is 6.33 Å². The summed E-state index contributed by atoms with van der Waals surface area (Å²) in [6.45, 7) is 1.79. The molecular formula is C24H20N4O. The highest BCUT2D eigenvalue weighted by molar-refractivity contribution is 5.83. The summed E-state index contributed by atoms with van der Waals surface area (Å²) in [5, 5.41) is 17.2. The molecule has 0 amide bonds. The molecule has 0 spiro atoms. The fraction of sp³-hybridized carbons (Fsp3) is 0.0833. The van der Waals surface area contributed by atoms with Crippen LogP contribution in [0.2, 0.25) is 0 Å². The van der Waals surface area contributed by atoms with Crippen molar-refractivity contribution in [3.05, 3.63) is 90.9 Å². The monoisotopic (exact) mass is 380 g/mol. The third-order valence-corrected chi connectivity index (χ3v) is 5.19. The molecule has 2 aromatic heterocycles. The predicted octanol–water partition coefficient (Wildman–Crippen LogP) is 5.14. The lowest BCUT2D eigenvalue weighted by molar-refractivity contribution is 0.200. The van der Waals surface area contributed by atoms with Crippen molar-refractivity contribution < 1.29 is 5.11 Å². The fourth-order valence-corrected chi connectivity index (χ4v) is 3.75. The maximum absolute atomic E-state index is 10.1. The highest BCUT2D eigenvalue weighted by Crippen LogP contribution is 2.30. The number of H-pyrrole nitrogens is 1. The van der Waals surface area contributed by atoms with E-state index in [4.69, 9.17) is 0 Å². The van der Waals surface area contributed by atoms with Crippen molar-refractivity contribution in [2.75, 3.05) is 0 Å². The number of hydrogen-bond donors (Lipinski definition) is 2. The van der Waals surface area contributed by atoms with Crippen LogP contribution in [0.25, 0.3) is 39.1 Å². The number of aliphatic hydroxyl groups is 1. The van der Waals surface area contributed by atoms with Crippen LogP contribution in [0.15, 0.2) is 85.3 Å². The largest absolute Gasteiger partial charge is 0.389 e. The van der Waals surface area contributed by atoms with E-state index in [9.17, 15) is 5.11 Å². The molecule has 0 radical (unpaired) electrons. The first-order valence-electron chi connectivity index (χ1n) is 9.56. The first kappa shape index (κ1) is 17.4. The molecule has 5 nitrogen and oxygen atoms in total. The molecule has 1 atom stereocenters. The molecule has 2 N–H and O–H groups in total. The number of nitrogens with zero attached hydrogens (tertiary/aromatic N) is 3. The van der Waals surface area contributed by atoms with Gasteiger partial charge < -0.3 is 5.11 Å². The summed E-state index contributed by atoms with van der Waals surface area (Å²) in [6, 6.07) is 24.4. The van der Waals surface area contributed by atoms with Crippen LogP contribution in [0.1, 0.15) is 18.6 Å². The van der Waals surface area contributed by atoms with E-state index in [0.29, 0.717) is 0 Å². The van der Waals surface area contributed by atoms with Gasteiger partial charge in [0, 0.05) is 17.4 Å². The number of nitrogens with one attached hydrogen (secondary N) is 1. The Hall–Kier alpha value is -3.70. The zero-order chi connectivity index (χ0) is 19.8. The van der Waals surface area contributed by atoms with Gasteiger partial charge in [-0.1, -0.05) is 42.5 Å². The highest BCUT2D eigenvalue weighted by Gasteiger charge is 2.11. The minimum atomic E-state index is -0.524. The number of imidazole rings is 1. The molecule has 0 saturated heterocycles. The summed E-state index contributed by atoms with van der Waals surface area (Å²) in [5.41, 5.74) is 7.93. The lowest BCUT2D eigenvalue weighted by atomic mass is 9.96. The molecule has 142 valence electrons. The summed E-state index contributed by atoms with van der Waals surface area (Å²) in [7, 11) is 0. The standard InChI is InChI=1S/C24H20N4O/c1-16(29)20-7-2-3-8-21(20)17-5-4-6-19(13-17)28-15-25-23-14-18(9-10-24(23)28)22-11-12-26-27-22/h2-16,29H,1H3,(H,26,27). The zero-order valence-corrected chi connectivity index (χ0v) is 15.9. The quantitative estimate of drug-likeness (QED) is 0.454. The van der Waals surface area contributed by atoms with Crippen molar-refractivity contribution in [1.82, 2.24) is 19.7 Å². The first-order chi connectivity index (χ1) is 14.2. The Morgan fingerprint density at radius 3 is 2.66 bits per heavy atom. The Bertz CT molecular complexity index is 1290. The van der Waals surface area contributed by atoms with Crippen molar-refractivity contribution >= 4 is 11.0 Å². The van der Waals surface area contributed by atoms with Crippen molar-refractivity contribution in [3.63, 3.8) is 0 Å². The normalized spacial score (nSPS) is 12.3. The van der Waals surface area contributed by atoms with Gasteiger partial charge in [-0.05, 0) is 53.9 Å². The summed E-state index contributed by atoms with van der Waals surface area (Å²) >= 11 is 0. The molecule has 0 aliphatic heterocycles. The molecule has 0 bridgehead atoms.